The molecule has 1 N–H and O–H groups in total. The highest BCUT2D eigenvalue weighted by atomic mass is 35.5. The van der Waals surface area contributed by atoms with Gasteiger partial charge in [0.05, 0.1) is 22.2 Å². The Morgan fingerprint density at radius 3 is 2.59 bits per heavy atom. The van der Waals surface area contributed by atoms with Crippen LogP contribution in [-0.4, -0.2) is 53.9 Å². The number of ether oxygens (including phenoxy) is 1. The third-order valence-corrected chi connectivity index (χ3v) is 5.69. The zero-order valence-corrected chi connectivity index (χ0v) is 17.0. The molecule has 2 rings (SSSR count). The van der Waals surface area contributed by atoms with E-state index in [0.717, 1.165) is 25.7 Å². The van der Waals surface area contributed by atoms with E-state index in [1.54, 1.807) is 29.2 Å². The molecule has 0 radical (unpaired) electrons. The lowest BCUT2D eigenvalue weighted by atomic mass is 9.94. The van der Waals surface area contributed by atoms with E-state index in [0.29, 0.717) is 16.8 Å². The molecule has 0 saturated heterocycles. The summed E-state index contributed by atoms with van der Waals surface area (Å²) in [6, 6.07) is 7.12. The lowest BCUT2D eigenvalue weighted by Gasteiger charge is -2.31. The van der Waals surface area contributed by atoms with Gasteiger partial charge in [-0.25, -0.2) is 0 Å². The number of anilines is 1. The Hall–Kier alpha value is -1.73. The summed E-state index contributed by atoms with van der Waals surface area (Å²) in [6.45, 7) is -0.388. The van der Waals surface area contributed by atoms with Gasteiger partial charge in [-0.05, 0) is 25.0 Å². The number of esters is 1. The van der Waals surface area contributed by atoms with Crippen molar-refractivity contribution >= 4 is 46.8 Å². The summed E-state index contributed by atoms with van der Waals surface area (Å²) in [5, 5.41) is 2.99. The number of halogens is 1. The van der Waals surface area contributed by atoms with Crippen LogP contribution in [0.25, 0.3) is 0 Å². The van der Waals surface area contributed by atoms with Gasteiger partial charge in [-0.15, -0.1) is 11.8 Å². The molecule has 0 aromatic heterocycles. The van der Waals surface area contributed by atoms with E-state index >= 15 is 0 Å². The van der Waals surface area contributed by atoms with E-state index < -0.39 is 11.9 Å². The number of hydrogen-bond donors (Lipinski definition) is 1. The zero-order valence-electron chi connectivity index (χ0n) is 15.4. The van der Waals surface area contributed by atoms with Crippen molar-refractivity contribution < 1.29 is 19.1 Å². The van der Waals surface area contributed by atoms with E-state index in [1.807, 2.05) is 7.05 Å². The first-order valence-electron chi connectivity index (χ1n) is 9.01. The van der Waals surface area contributed by atoms with Crippen molar-refractivity contribution in [2.45, 2.75) is 38.1 Å². The van der Waals surface area contributed by atoms with Gasteiger partial charge < -0.3 is 15.0 Å². The molecule has 27 heavy (non-hydrogen) atoms. The van der Waals surface area contributed by atoms with Crippen LogP contribution in [0.2, 0.25) is 5.02 Å². The maximum Gasteiger partial charge on any atom is 0.316 e. The first-order chi connectivity index (χ1) is 13.0. The summed E-state index contributed by atoms with van der Waals surface area (Å²) in [6.07, 6.45) is 5.67. The number of thioether (sulfide) groups is 1. The molecule has 1 fully saturated rings. The summed E-state index contributed by atoms with van der Waals surface area (Å²) in [5.74, 6) is -0.703. The lowest BCUT2D eigenvalue weighted by Crippen LogP contribution is -2.39. The van der Waals surface area contributed by atoms with Crippen LogP contribution < -0.4 is 5.32 Å². The summed E-state index contributed by atoms with van der Waals surface area (Å²) in [5.41, 5.74) is 0.464. The zero-order chi connectivity index (χ0) is 19.6. The number of amides is 2. The second-order valence-electron chi connectivity index (χ2n) is 6.48. The van der Waals surface area contributed by atoms with Gasteiger partial charge in [-0.3, -0.25) is 14.4 Å². The number of carbonyl (C=O) groups is 3. The van der Waals surface area contributed by atoms with E-state index in [1.165, 1.54) is 18.2 Å². The van der Waals surface area contributed by atoms with Crippen LogP contribution in [0.4, 0.5) is 5.69 Å². The molecule has 1 aliphatic carbocycles. The second kappa shape index (κ2) is 11.2. The topological polar surface area (TPSA) is 75.7 Å². The van der Waals surface area contributed by atoms with E-state index in [9.17, 15) is 14.4 Å². The Labute approximate surface area is 169 Å². The van der Waals surface area contributed by atoms with Gasteiger partial charge in [-0.1, -0.05) is 43.0 Å². The fourth-order valence-electron chi connectivity index (χ4n) is 2.93. The Bertz CT molecular complexity index is 665. The minimum Gasteiger partial charge on any atom is -0.455 e. The summed E-state index contributed by atoms with van der Waals surface area (Å²) in [4.78, 5) is 37.5. The van der Waals surface area contributed by atoms with Crippen LogP contribution in [0.5, 0.6) is 0 Å². The smallest absolute Gasteiger partial charge is 0.316 e. The van der Waals surface area contributed by atoms with Gasteiger partial charge in [0.25, 0.3) is 5.91 Å². The van der Waals surface area contributed by atoms with Crippen LogP contribution in [0.1, 0.15) is 32.1 Å². The number of rotatable bonds is 8. The van der Waals surface area contributed by atoms with E-state index in [-0.39, 0.29) is 24.0 Å². The maximum atomic E-state index is 12.2. The Balaban J connectivity index is 1.62. The van der Waals surface area contributed by atoms with Crippen molar-refractivity contribution in [1.29, 1.82) is 0 Å². The van der Waals surface area contributed by atoms with Crippen LogP contribution in [-0.2, 0) is 19.1 Å². The molecule has 148 valence electrons. The number of carbonyl (C=O) groups excluding carboxylic acids is 3. The first kappa shape index (κ1) is 21.6. The maximum absolute atomic E-state index is 12.2. The molecule has 0 aliphatic heterocycles. The highest BCUT2D eigenvalue weighted by Crippen LogP contribution is 2.22. The minimum absolute atomic E-state index is 0.0242. The van der Waals surface area contributed by atoms with Crippen LogP contribution in [0, 0.1) is 0 Å². The molecule has 0 heterocycles. The quantitative estimate of drug-likeness (QED) is 0.662. The van der Waals surface area contributed by atoms with Gasteiger partial charge in [0.1, 0.15) is 0 Å². The third-order valence-electron chi connectivity index (χ3n) is 4.47. The number of hydrogen-bond acceptors (Lipinski definition) is 5. The standard InChI is InChI=1S/C19H25ClN2O4S/c1-22(14-7-3-2-4-8-14)18(24)12-27-13-19(25)26-11-17(23)21-16-10-6-5-9-15(16)20/h5-6,9-10,14H,2-4,7-8,11-13H2,1H3,(H,21,23). The predicted octanol–water partition coefficient (Wildman–Crippen LogP) is 3.35. The Kier molecular flexibility index (Phi) is 8.94. The largest absolute Gasteiger partial charge is 0.455 e. The predicted molar refractivity (Wildman–Crippen MR) is 108 cm³/mol. The molecule has 8 heteroatoms. The molecule has 0 atom stereocenters. The molecular weight excluding hydrogens is 388 g/mol. The molecule has 0 spiro atoms. The Morgan fingerprint density at radius 1 is 1.19 bits per heavy atom. The number of para-hydroxylation sites is 1. The van der Waals surface area contributed by atoms with Crippen molar-refractivity contribution in [1.82, 2.24) is 4.90 Å². The molecule has 2 amide bonds. The third kappa shape index (κ3) is 7.42. The molecule has 1 aromatic rings. The van der Waals surface area contributed by atoms with Crippen LogP contribution in [0.15, 0.2) is 24.3 Å². The minimum atomic E-state index is -0.526. The second-order valence-corrected chi connectivity index (χ2v) is 7.87. The number of nitrogens with zero attached hydrogens (tertiary/aromatic N) is 1. The van der Waals surface area contributed by atoms with Crippen molar-refractivity contribution in [2.75, 3.05) is 30.5 Å². The van der Waals surface area contributed by atoms with Crippen molar-refractivity contribution in [3.8, 4) is 0 Å². The summed E-state index contributed by atoms with van der Waals surface area (Å²) < 4.78 is 4.93. The molecule has 1 aliphatic rings. The van der Waals surface area contributed by atoms with Gasteiger partial charge in [0.15, 0.2) is 6.61 Å². The molecule has 0 bridgehead atoms. The lowest BCUT2D eigenvalue weighted by molar-refractivity contribution is -0.144. The normalized spacial score (nSPS) is 14.4. The fourth-order valence-corrected chi connectivity index (χ4v) is 3.85. The van der Waals surface area contributed by atoms with Gasteiger partial charge in [0, 0.05) is 13.1 Å². The highest BCUT2D eigenvalue weighted by Gasteiger charge is 2.22. The summed E-state index contributed by atoms with van der Waals surface area (Å²) >= 11 is 7.15. The van der Waals surface area contributed by atoms with E-state index in [4.69, 9.17) is 16.3 Å². The average molecular weight is 413 g/mol. The number of nitrogens with one attached hydrogen (secondary N) is 1. The fraction of sp³-hybridized carbons (Fsp3) is 0.526. The Morgan fingerprint density at radius 2 is 1.89 bits per heavy atom. The SMILES string of the molecule is CN(C(=O)CSCC(=O)OCC(=O)Nc1ccccc1Cl)C1CCCCC1. The first-order valence-corrected chi connectivity index (χ1v) is 10.5. The molecule has 1 aromatic carbocycles. The average Bonchev–Trinajstić information content (AvgIpc) is 2.68. The van der Waals surface area contributed by atoms with E-state index in [2.05, 4.69) is 5.32 Å². The van der Waals surface area contributed by atoms with Crippen molar-refractivity contribution in [3.05, 3.63) is 29.3 Å². The van der Waals surface area contributed by atoms with Crippen LogP contribution >= 0.6 is 23.4 Å². The molecular formula is C19H25ClN2O4S. The van der Waals surface area contributed by atoms with Gasteiger partial charge in [0.2, 0.25) is 5.91 Å². The van der Waals surface area contributed by atoms with Crippen molar-refractivity contribution in [2.24, 2.45) is 0 Å². The van der Waals surface area contributed by atoms with Gasteiger partial charge >= 0.3 is 5.97 Å². The molecule has 6 nitrogen and oxygen atoms in total. The number of benzene rings is 1. The van der Waals surface area contributed by atoms with Crippen molar-refractivity contribution in [3.63, 3.8) is 0 Å². The van der Waals surface area contributed by atoms with Crippen LogP contribution in [0.3, 0.4) is 0 Å². The molecule has 1 saturated carbocycles. The molecule has 0 unspecified atom stereocenters. The summed E-state index contributed by atoms with van der Waals surface area (Å²) in [7, 11) is 1.83. The van der Waals surface area contributed by atoms with Gasteiger partial charge in [-0.2, -0.15) is 0 Å². The monoisotopic (exact) mass is 412 g/mol. The highest BCUT2D eigenvalue weighted by molar-refractivity contribution is 8.00.